The van der Waals surface area contributed by atoms with Crippen molar-refractivity contribution >= 4 is 5.69 Å². The molecule has 0 radical (unpaired) electrons. The van der Waals surface area contributed by atoms with Gasteiger partial charge in [-0.25, -0.2) is 0 Å². The summed E-state index contributed by atoms with van der Waals surface area (Å²) in [7, 11) is 0. The lowest BCUT2D eigenvalue weighted by Gasteiger charge is -2.25. The molecule has 20 heavy (non-hydrogen) atoms. The number of nitrogens with zero attached hydrogens (tertiary/aromatic N) is 1. The zero-order valence-electron chi connectivity index (χ0n) is 13.2. The SMILES string of the molecule is CCC1CCN(c2cc(C)cc(C3CCCCC3)c2)C1. The summed E-state index contributed by atoms with van der Waals surface area (Å²) in [6.45, 7) is 7.12. The van der Waals surface area contributed by atoms with Crippen LogP contribution in [-0.4, -0.2) is 13.1 Å². The maximum Gasteiger partial charge on any atom is 0.0371 e. The van der Waals surface area contributed by atoms with Gasteiger partial charge in [0.1, 0.15) is 0 Å². The lowest BCUT2D eigenvalue weighted by atomic mass is 9.83. The highest BCUT2D eigenvalue weighted by atomic mass is 15.1. The van der Waals surface area contributed by atoms with Crippen molar-refractivity contribution in [2.45, 2.75) is 64.7 Å². The first kappa shape index (κ1) is 14.0. The monoisotopic (exact) mass is 271 g/mol. The van der Waals surface area contributed by atoms with Gasteiger partial charge in [-0.2, -0.15) is 0 Å². The van der Waals surface area contributed by atoms with Crippen LogP contribution in [0.3, 0.4) is 0 Å². The first-order valence-corrected chi connectivity index (χ1v) is 8.63. The molecule has 0 amide bonds. The van der Waals surface area contributed by atoms with Crippen LogP contribution in [0.25, 0.3) is 0 Å². The summed E-state index contributed by atoms with van der Waals surface area (Å²) >= 11 is 0. The number of hydrogen-bond acceptors (Lipinski definition) is 1. The number of aryl methyl sites for hydroxylation is 1. The molecule has 1 nitrogen and oxygen atoms in total. The average molecular weight is 271 g/mol. The van der Waals surface area contributed by atoms with Crippen molar-refractivity contribution in [1.29, 1.82) is 0 Å². The molecule has 2 fully saturated rings. The molecule has 1 unspecified atom stereocenters. The van der Waals surface area contributed by atoms with Gasteiger partial charge in [-0.3, -0.25) is 0 Å². The second-order valence-electron chi connectivity index (χ2n) is 6.95. The molecular formula is C19H29N. The zero-order valence-corrected chi connectivity index (χ0v) is 13.2. The van der Waals surface area contributed by atoms with E-state index >= 15 is 0 Å². The highest BCUT2D eigenvalue weighted by molar-refractivity contribution is 5.52. The van der Waals surface area contributed by atoms with Crippen LogP contribution in [0.2, 0.25) is 0 Å². The fourth-order valence-electron chi connectivity index (χ4n) is 4.05. The molecule has 110 valence electrons. The number of hydrogen-bond donors (Lipinski definition) is 0. The Morgan fingerprint density at radius 3 is 2.55 bits per heavy atom. The first-order chi connectivity index (χ1) is 9.76. The van der Waals surface area contributed by atoms with Gasteiger partial charge in [0.25, 0.3) is 0 Å². The van der Waals surface area contributed by atoms with E-state index in [0.717, 1.165) is 11.8 Å². The fourth-order valence-corrected chi connectivity index (χ4v) is 4.05. The number of rotatable bonds is 3. The van der Waals surface area contributed by atoms with Crippen LogP contribution >= 0.6 is 0 Å². The van der Waals surface area contributed by atoms with Gasteiger partial charge in [0.2, 0.25) is 0 Å². The first-order valence-electron chi connectivity index (χ1n) is 8.63. The molecular weight excluding hydrogens is 242 g/mol. The van der Waals surface area contributed by atoms with Crippen molar-refractivity contribution in [3.63, 3.8) is 0 Å². The summed E-state index contributed by atoms with van der Waals surface area (Å²) in [5, 5.41) is 0. The molecule has 0 bridgehead atoms. The van der Waals surface area contributed by atoms with Crippen molar-refractivity contribution < 1.29 is 0 Å². The van der Waals surface area contributed by atoms with Crippen LogP contribution in [0.4, 0.5) is 5.69 Å². The Bertz CT molecular complexity index is 445. The minimum atomic E-state index is 0.826. The van der Waals surface area contributed by atoms with E-state index in [9.17, 15) is 0 Å². The van der Waals surface area contributed by atoms with Crippen LogP contribution in [0, 0.1) is 12.8 Å². The summed E-state index contributed by atoms with van der Waals surface area (Å²) < 4.78 is 0. The predicted octanol–water partition coefficient (Wildman–Crippen LogP) is 5.28. The van der Waals surface area contributed by atoms with Crippen molar-refractivity contribution in [2.75, 3.05) is 18.0 Å². The quantitative estimate of drug-likeness (QED) is 0.723. The fraction of sp³-hybridized carbons (Fsp3) is 0.684. The Kier molecular flexibility index (Phi) is 4.33. The minimum absolute atomic E-state index is 0.826. The van der Waals surface area contributed by atoms with E-state index in [2.05, 4.69) is 36.9 Å². The van der Waals surface area contributed by atoms with E-state index < -0.39 is 0 Å². The highest BCUT2D eigenvalue weighted by Gasteiger charge is 2.23. The van der Waals surface area contributed by atoms with Crippen LogP contribution < -0.4 is 4.90 Å². The maximum atomic E-state index is 2.62. The van der Waals surface area contributed by atoms with E-state index in [0.29, 0.717) is 0 Å². The van der Waals surface area contributed by atoms with Crippen molar-refractivity contribution in [3.05, 3.63) is 29.3 Å². The normalized spacial score (nSPS) is 24.3. The lowest BCUT2D eigenvalue weighted by molar-refractivity contribution is 0.443. The van der Waals surface area contributed by atoms with Gasteiger partial charge in [-0.15, -0.1) is 0 Å². The second kappa shape index (κ2) is 6.20. The van der Waals surface area contributed by atoms with Crippen LogP contribution in [0.15, 0.2) is 18.2 Å². The van der Waals surface area contributed by atoms with E-state index in [4.69, 9.17) is 0 Å². The molecule has 2 aliphatic rings. The van der Waals surface area contributed by atoms with Gasteiger partial charge >= 0.3 is 0 Å². The van der Waals surface area contributed by atoms with Gasteiger partial charge in [0.05, 0.1) is 0 Å². The maximum absolute atomic E-state index is 2.62. The second-order valence-corrected chi connectivity index (χ2v) is 6.95. The van der Waals surface area contributed by atoms with Crippen LogP contribution in [0.5, 0.6) is 0 Å². The Balaban J connectivity index is 1.79. The summed E-state index contributed by atoms with van der Waals surface area (Å²) in [5.41, 5.74) is 4.55. The summed E-state index contributed by atoms with van der Waals surface area (Å²) in [5.74, 6) is 1.74. The highest BCUT2D eigenvalue weighted by Crippen LogP contribution is 2.36. The van der Waals surface area contributed by atoms with E-state index in [1.54, 1.807) is 5.56 Å². The molecule has 1 aromatic carbocycles. The Labute approximate surface area is 124 Å². The largest absolute Gasteiger partial charge is 0.371 e. The molecule has 1 aromatic rings. The third-order valence-corrected chi connectivity index (χ3v) is 5.39. The Morgan fingerprint density at radius 2 is 1.85 bits per heavy atom. The number of benzene rings is 1. The van der Waals surface area contributed by atoms with Crippen molar-refractivity contribution in [1.82, 2.24) is 0 Å². The summed E-state index contributed by atoms with van der Waals surface area (Å²) in [6, 6.07) is 7.33. The van der Waals surface area contributed by atoms with Crippen molar-refractivity contribution in [2.24, 2.45) is 5.92 Å². The third-order valence-electron chi connectivity index (χ3n) is 5.39. The molecule has 1 saturated heterocycles. The van der Waals surface area contributed by atoms with Gasteiger partial charge < -0.3 is 4.90 Å². The average Bonchev–Trinajstić information content (AvgIpc) is 2.96. The molecule has 1 aliphatic heterocycles. The predicted molar refractivity (Wildman–Crippen MR) is 87.6 cm³/mol. The Morgan fingerprint density at radius 1 is 1.05 bits per heavy atom. The topological polar surface area (TPSA) is 3.24 Å². The summed E-state index contributed by atoms with van der Waals surface area (Å²) in [6.07, 6.45) is 9.81. The minimum Gasteiger partial charge on any atom is -0.371 e. The van der Waals surface area contributed by atoms with Gasteiger partial charge in [0, 0.05) is 18.8 Å². The van der Waals surface area contributed by atoms with Gasteiger partial charge in [-0.05, 0) is 61.3 Å². The molecule has 1 heterocycles. The van der Waals surface area contributed by atoms with E-state index in [1.807, 2.05) is 0 Å². The number of anilines is 1. The van der Waals surface area contributed by atoms with Gasteiger partial charge in [-0.1, -0.05) is 38.7 Å². The molecule has 1 aliphatic carbocycles. The molecule has 3 rings (SSSR count). The lowest BCUT2D eigenvalue weighted by Crippen LogP contribution is -2.20. The van der Waals surface area contributed by atoms with E-state index in [-0.39, 0.29) is 0 Å². The smallest absolute Gasteiger partial charge is 0.0371 e. The summed E-state index contributed by atoms with van der Waals surface area (Å²) in [4.78, 5) is 2.62. The third kappa shape index (κ3) is 3.02. The molecule has 1 heteroatoms. The molecule has 0 spiro atoms. The van der Waals surface area contributed by atoms with Crippen LogP contribution in [-0.2, 0) is 0 Å². The van der Waals surface area contributed by atoms with Crippen molar-refractivity contribution in [3.8, 4) is 0 Å². The Hall–Kier alpha value is -0.980. The van der Waals surface area contributed by atoms with E-state index in [1.165, 1.54) is 69.3 Å². The molecule has 1 saturated carbocycles. The standard InChI is InChI=1S/C19H29N/c1-3-16-9-10-20(14-16)19-12-15(2)11-18(13-19)17-7-5-4-6-8-17/h11-13,16-17H,3-10,14H2,1-2H3. The van der Waals surface area contributed by atoms with Gasteiger partial charge in [0.15, 0.2) is 0 Å². The molecule has 0 aromatic heterocycles. The molecule has 0 N–H and O–H groups in total. The van der Waals surface area contributed by atoms with Crippen LogP contribution in [0.1, 0.15) is 68.9 Å². The zero-order chi connectivity index (χ0) is 13.9. The molecule has 1 atom stereocenters.